The van der Waals surface area contributed by atoms with Gasteiger partial charge in [0.15, 0.2) is 0 Å². The molecule has 0 spiro atoms. The molecule has 16 heavy (non-hydrogen) atoms. The van der Waals surface area contributed by atoms with Gasteiger partial charge < -0.3 is 9.47 Å². The maximum absolute atomic E-state index is 11.6. The molecule has 1 fully saturated rings. The number of carbonyl (C=O) groups excluding carboxylic acids is 1. The second-order valence-corrected chi connectivity index (χ2v) is 4.12. The van der Waals surface area contributed by atoms with Crippen molar-refractivity contribution in [3.8, 4) is 5.75 Å². The maximum Gasteiger partial charge on any atom is 0.414 e. The summed E-state index contributed by atoms with van der Waals surface area (Å²) >= 11 is 3.30. The Morgan fingerprint density at radius 1 is 1.50 bits per heavy atom. The molecule has 0 N–H and O–H groups in total. The van der Waals surface area contributed by atoms with Gasteiger partial charge in [-0.25, -0.2) is 4.79 Å². The molecule has 1 unspecified atom stereocenters. The van der Waals surface area contributed by atoms with Gasteiger partial charge in [-0.2, -0.15) is 0 Å². The quantitative estimate of drug-likeness (QED) is 0.801. The van der Waals surface area contributed by atoms with E-state index in [-0.39, 0.29) is 12.2 Å². The summed E-state index contributed by atoms with van der Waals surface area (Å²) in [5.74, 6) is 0.772. The molecule has 5 heteroatoms. The summed E-state index contributed by atoms with van der Waals surface area (Å²) in [6, 6.07) is 7.33. The predicted molar refractivity (Wildman–Crippen MR) is 64.4 cm³/mol. The Morgan fingerprint density at radius 2 is 2.19 bits per heavy atom. The number of ether oxygens (including phenoxy) is 2. The fourth-order valence-electron chi connectivity index (χ4n) is 1.57. The Bertz CT molecular complexity index is 379. The summed E-state index contributed by atoms with van der Waals surface area (Å²) in [6.45, 7) is 0.580. The number of carbonyl (C=O) groups is 1. The summed E-state index contributed by atoms with van der Waals surface area (Å²) in [5, 5.41) is 0.658. The predicted octanol–water partition coefficient (Wildman–Crippen LogP) is 2.42. The van der Waals surface area contributed by atoms with Crippen molar-refractivity contribution in [1.29, 1.82) is 0 Å². The lowest BCUT2D eigenvalue weighted by atomic mass is 10.2. The first-order valence-electron chi connectivity index (χ1n) is 4.92. The van der Waals surface area contributed by atoms with Gasteiger partial charge in [-0.1, -0.05) is 15.9 Å². The molecule has 1 saturated heterocycles. The molecule has 0 aromatic heterocycles. The molecule has 2 rings (SSSR count). The third-order valence-corrected chi connectivity index (χ3v) is 3.15. The lowest BCUT2D eigenvalue weighted by Crippen LogP contribution is -2.24. The van der Waals surface area contributed by atoms with Gasteiger partial charge in [0, 0.05) is 11.0 Å². The zero-order chi connectivity index (χ0) is 11.5. The number of methoxy groups -OCH3 is 1. The minimum absolute atomic E-state index is 0.0744. The van der Waals surface area contributed by atoms with Crippen molar-refractivity contribution in [3.63, 3.8) is 0 Å². The molecule has 0 radical (unpaired) electrons. The van der Waals surface area contributed by atoms with E-state index in [4.69, 9.17) is 9.47 Å². The van der Waals surface area contributed by atoms with Crippen molar-refractivity contribution >= 4 is 27.7 Å². The molecular formula is C11H12BrNO3. The van der Waals surface area contributed by atoms with Crippen molar-refractivity contribution in [2.24, 2.45) is 0 Å². The number of cyclic esters (lactones) is 1. The maximum atomic E-state index is 11.6. The molecule has 1 aliphatic rings. The van der Waals surface area contributed by atoms with Crippen LogP contribution in [0.4, 0.5) is 10.5 Å². The third-order valence-electron chi connectivity index (χ3n) is 2.43. The molecule has 0 saturated carbocycles. The van der Waals surface area contributed by atoms with E-state index in [0.717, 1.165) is 11.4 Å². The zero-order valence-electron chi connectivity index (χ0n) is 8.85. The van der Waals surface area contributed by atoms with Crippen LogP contribution in [0.5, 0.6) is 5.75 Å². The summed E-state index contributed by atoms with van der Waals surface area (Å²) in [6.07, 6.45) is -0.371. The van der Waals surface area contributed by atoms with E-state index in [2.05, 4.69) is 15.9 Å². The highest BCUT2D eigenvalue weighted by Crippen LogP contribution is 2.24. The molecule has 0 aliphatic carbocycles. The van der Waals surface area contributed by atoms with Gasteiger partial charge in [-0.3, -0.25) is 4.90 Å². The Balaban J connectivity index is 2.15. The van der Waals surface area contributed by atoms with Gasteiger partial charge >= 0.3 is 6.09 Å². The van der Waals surface area contributed by atoms with E-state index in [1.54, 1.807) is 12.0 Å². The van der Waals surface area contributed by atoms with Crippen LogP contribution in [0.2, 0.25) is 0 Å². The highest BCUT2D eigenvalue weighted by atomic mass is 79.9. The molecule has 86 valence electrons. The largest absolute Gasteiger partial charge is 0.497 e. The van der Waals surface area contributed by atoms with Crippen LogP contribution in [-0.4, -0.2) is 31.2 Å². The minimum Gasteiger partial charge on any atom is -0.497 e. The summed E-state index contributed by atoms with van der Waals surface area (Å²) in [5.41, 5.74) is 0.828. The second kappa shape index (κ2) is 4.74. The van der Waals surface area contributed by atoms with Crippen LogP contribution in [0.3, 0.4) is 0 Å². The first kappa shape index (κ1) is 11.3. The van der Waals surface area contributed by atoms with Gasteiger partial charge in [0.05, 0.1) is 13.7 Å². The van der Waals surface area contributed by atoms with Crippen LogP contribution < -0.4 is 9.64 Å². The van der Waals surface area contributed by atoms with Gasteiger partial charge in [0.2, 0.25) is 0 Å². The average molecular weight is 286 g/mol. The van der Waals surface area contributed by atoms with E-state index in [0.29, 0.717) is 11.9 Å². The van der Waals surface area contributed by atoms with Crippen LogP contribution in [0.15, 0.2) is 24.3 Å². The van der Waals surface area contributed by atoms with Gasteiger partial charge in [0.1, 0.15) is 11.9 Å². The molecule has 4 nitrogen and oxygen atoms in total. The monoisotopic (exact) mass is 285 g/mol. The van der Waals surface area contributed by atoms with E-state index < -0.39 is 0 Å². The number of alkyl halides is 1. The normalized spacial score (nSPS) is 19.8. The minimum atomic E-state index is -0.297. The lowest BCUT2D eigenvalue weighted by Gasteiger charge is -2.12. The van der Waals surface area contributed by atoms with Gasteiger partial charge in [-0.15, -0.1) is 0 Å². The number of nitrogens with zero attached hydrogens (tertiary/aromatic N) is 1. The molecule has 0 bridgehead atoms. The van der Waals surface area contributed by atoms with Gasteiger partial charge in [0.25, 0.3) is 0 Å². The fourth-order valence-corrected chi connectivity index (χ4v) is 1.91. The number of rotatable bonds is 3. The molecule has 1 amide bonds. The van der Waals surface area contributed by atoms with Crippen molar-refractivity contribution in [1.82, 2.24) is 0 Å². The standard InChI is InChI=1S/C11H12BrNO3/c1-15-9-4-2-8(3-5-9)13-7-10(6-12)16-11(13)14/h2-5,10H,6-7H2,1H3. The summed E-state index contributed by atoms with van der Waals surface area (Å²) in [4.78, 5) is 13.2. The van der Waals surface area contributed by atoms with Crippen LogP contribution in [0.1, 0.15) is 0 Å². The zero-order valence-corrected chi connectivity index (χ0v) is 10.4. The highest BCUT2D eigenvalue weighted by Gasteiger charge is 2.31. The number of hydrogen-bond donors (Lipinski definition) is 0. The number of amides is 1. The van der Waals surface area contributed by atoms with Crippen LogP contribution in [0, 0.1) is 0 Å². The number of hydrogen-bond acceptors (Lipinski definition) is 3. The first-order chi connectivity index (χ1) is 7.74. The molecule has 1 aliphatic heterocycles. The Labute approximate surface area is 102 Å². The Kier molecular flexibility index (Phi) is 3.33. The van der Waals surface area contributed by atoms with Crippen LogP contribution in [-0.2, 0) is 4.74 Å². The molecule has 1 aromatic carbocycles. The third kappa shape index (κ3) is 2.14. The first-order valence-corrected chi connectivity index (χ1v) is 6.05. The molecule has 1 atom stereocenters. The van der Waals surface area contributed by atoms with E-state index in [1.807, 2.05) is 24.3 Å². The summed E-state index contributed by atoms with van der Waals surface area (Å²) in [7, 11) is 1.61. The van der Waals surface area contributed by atoms with Gasteiger partial charge in [-0.05, 0) is 24.3 Å². The van der Waals surface area contributed by atoms with E-state index in [9.17, 15) is 4.79 Å². The SMILES string of the molecule is COc1ccc(N2CC(CBr)OC2=O)cc1. The van der Waals surface area contributed by atoms with Crippen LogP contribution in [0.25, 0.3) is 0 Å². The van der Waals surface area contributed by atoms with E-state index >= 15 is 0 Å². The van der Waals surface area contributed by atoms with E-state index in [1.165, 1.54) is 0 Å². The smallest absolute Gasteiger partial charge is 0.414 e. The summed E-state index contributed by atoms with van der Waals surface area (Å²) < 4.78 is 10.2. The molecule has 1 heterocycles. The van der Waals surface area contributed by atoms with Crippen molar-refractivity contribution in [2.75, 3.05) is 23.9 Å². The molecule has 1 aromatic rings. The topological polar surface area (TPSA) is 38.8 Å². The second-order valence-electron chi connectivity index (χ2n) is 3.47. The molecular weight excluding hydrogens is 274 g/mol. The fraction of sp³-hybridized carbons (Fsp3) is 0.364. The lowest BCUT2D eigenvalue weighted by molar-refractivity contribution is 0.152. The van der Waals surface area contributed by atoms with Crippen molar-refractivity contribution < 1.29 is 14.3 Å². The van der Waals surface area contributed by atoms with Crippen LogP contribution >= 0.6 is 15.9 Å². The Morgan fingerprint density at radius 3 is 2.69 bits per heavy atom. The number of anilines is 1. The number of halogens is 1. The number of benzene rings is 1. The van der Waals surface area contributed by atoms with Crippen molar-refractivity contribution in [2.45, 2.75) is 6.10 Å². The van der Waals surface area contributed by atoms with Crippen molar-refractivity contribution in [3.05, 3.63) is 24.3 Å². The Hall–Kier alpha value is -1.23. The average Bonchev–Trinajstić information content (AvgIpc) is 2.71. The highest BCUT2D eigenvalue weighted by molar-refractivity contribution is 9.09.